The van der Waals surface area contributed by atoms with Crippen LogP contribution in [0.25, 0.3) is 5.69 Å². The predicted molar refractivity (Wildman–Crippen MR) is 102 cm³/mol. The molecule has 1 aromatic carbocycles. The summed E-state index contributed by atoms with van der Waals surface area (Å²) in [6.45, 7) is 5.46. The van der Waals surface area contributed by atoms with Gasteiger partial charge in [-0.15, -0.1) is 5.10 Å². The largest absolute Gasteiger partial charge is 0.350 e. The van der Waals surface area contributed by atoms with Gasteiger partial charge in [-0.2, -0.15) is 0 Å². The summed E-state index contributed by atoms with van der Waals surface area (Å²) in [5.41, 5.74) is 1.95. The smallest absolute Gasteiger partial charge is 0.239 e. The normalized spacial score (nSPS) is 19.9. The predicted octanol–water partition coefficient (Wildman–Crippen LogP) is 2.35. The van der Waals surface area contributed by atoms with Crippen molar-refractivity contribution in [3.8, 4) is 5.69 Å². The first-order valence-electron chi connectivity index (χ1n) is 9.56. The molecule has 2 aliphatic rings. The van der Waals surface area contributed by atoms with Crippen molar-refractivity contribution in [2.45, 2.75) is 32.0 Å². The van der Waals surface area contributed by atoms with Gasteiger partial charge in [0.1, 0.15) is 0 Å². The highest BCUT2D eigenvalue weighted by atomic mass is 16.7. The van der Waals surface area contributed by atoms with E-state index in [2.05, 4.69) is 15.3 Å². The Hall–Kier alpha value is -2.22. The zero-order chi connectivity index (χ0) is 18.7. The number of anilines is 1. The molecular formula is C20H26N4O3. The number of aryl methyl sites for hydroxylation is 1. The number of likely N-dealkylation sites (tertiary alicyclic amines) is 1. The number of nitrogens with one attached hydrogen (secondary N) is 1. The zero-order valence-electron chi connectivity index (χ0n) is 15.7. The summed E-state index contributed by atoms with van der Waals surface area (Å²) >= 11 is 0. The van der Waals surface area contributed by atoms with Crippen molar-refractivity contribution in [3.05, 3.63) is 42.1 Å². The van der Waals surface area contributed by atoms with Gasteiger partial charge in [0.25, 0.3) is 0 Å². The Labute approximate surface area is 159 Å². The van der Waals surface area contributed by atoms with Gasteiger partial charge in [0, 0.05) is 37.7 Å². The van der Waals surface area contributed by atoms with E-state index < -0.39 is 5.79 Å². The number of ether oxygens (including phenoxy) is 2. The summed E-state index contributed by atoms with van der Waals surface area (Å²) < 4.78 is 13.5. The summed E-state index contributed by atoms with van der Waals surface area (Å²) in [4.78, 5) is 14.6. The van der Waals surface area contributed by atoms with Crippen LogP contribution in [0.15, 0.2) is 36.4 Å². The molecular weight excluding hydrogens is 344 g/mol. The van der Waals surface area contributed by atoms with Crippen LogP contribution < -0.4 is 5.32 Å². The Morgan fingerprint density at radius 1 is 1.19 bits per heavy atom. The third-order valence-corrected chi connectivity index (χ3v) is 5.16. The molecule has 27 heavy (non-hydrogen) atoms. The van der Waals surface area contributed by atoms with E-state index in [0.717, 1.165) is 56.9 Å². The molecule has 0 unspecified atom stereocenters. The highest BCUT2D eigenvalue weighted by Crippen LogP contribution is 2.30. The Kier molecular flexibility index (Phi) is 5.24. The van der Waals surface area contributed by atoms with Crippen molar-refractivity contribution in [3.63, 3.8) is 0 Å². The number of carbonyl (C=O) groups excluding carboxylic acids is 1. The topological polar surface area (TPSA) is 68.6 Å². The molecule has 7 heteroatoms. The van der Waals surface area contributed by atoms with Gasteiger partial charge in [-0.05, 0) is 25.5 Å². The average Bonchev–Trinajstić information content (AvgIpc) is 3.05. The molecule has 1 amide bonds. The molecule has 0 aliphatic carbocycles. The summed E-state index contributed by atoms with van der Waals surface area (Å²) in [6.07, 6.45) is 2.58. The Morgan fingerprint density at radius 3 is 2.59 bits per heavy atom. The van der Waals surface area contributed by atoms with Gasteiger partial charge < -0.3 is 14.8 Å². The quantitative estimate of drug-likeness (QED) is 0.895. The van der Waals surface area contributed by atoms with Gasteiger partial charge in [-0.3, -0.25) is 9.69 Å². The molecule has 0 bridgehead atoms. The first-order chi connectivity index (χ1) is 13.1. The molecule has 2 aromatic rings. The molecule has 0 radical (unpaired) electrons. The van der Waals surface area contributed by atoms with Gasteiger partial charge in [-0.1, -0.05) is 18.2 Å². The van der Waals surface area contributed by atoms with Crippen LogP contribution in [0.2, 0.25) is 0 Å². The minimum Gasteiger partial charge on any atom is -0.350 e. The van der Waals surface area contributed by atoms with E-state index in [0.29, 0.717) is 12.4 Å². The Bertz CT molecular complexity index is 774. The average molecular weight is 370 g/mol. The second kappa shape index (κ2) is 7.80. The number of nitrogens with zero attached hydrogens (tertiary/aromatic N) is 3. The SMILES string of the molecule is Cc1cc(NC(=O)CN2CCC3(CC2)OCCCO3)nn1-c1ccccc1. The van der Waals surface area contributed by atoms with Crippen LogP contribution in [-0.4, -0.2) is 59.2 Å². The van der Waals surface area contributed by atoms with Crippen LogP contribution in [0, 0.1) is 6.92 Å². The lowest BCUT2D eigenvalue weighted by atomic mass is 10.0. The fourth-order valence-electron chi connectivity index (χ4n) is 3.71. The standard InChI is InChI=1S/C20H26N4O3/c1-16-14-18(22-24(16)17-6-3-2-4-7-17)21-19(25)15-23-10-8-20(9-11-23)26-12-5-13-27-20/h2-4,6-7,14H,5,8-13,15H2,1H3,(H,21,22,25). The van der Waals surface area contributed by atoms with Gasteiger partial charge in [0.2, 0.25) is 5.91 Å². The van der Waals surface area contributed by atoms with Gasteiger partial charge >= 0.3 is 0 Å². The molecule has 0 saturated carbocycles. The third kappa shape index (κ3) is 4.21. The highest BCUT2D eigenvalue weighted by molar-refractivity contribution is 5.91. The van der Waals surface area contributed by atoms with Gasteiger partial charge in [0.15, 0.2) is 11.6 Å². The maximum Gasteiger partial charge on any atom is 0.239 e. The number of rotatable bonds is 4. The zero-order valence-corrected chi connectivity index (χ0v) is 15.7. The number of aromatic nitrogens is 2. The summed E-state index contributed by atoms with van der Waals surface area (Å²) in [5, 5.41) is 7.42. The molecule has 2 aliphatic heterocycles. The minimum atomic E-state index is -0.420. The molecule has 2 saturated heterocycles. The third-order valence-electron chi connectivity index (χ3n) is 5.16. The molecule has 144 valence electrons. The summed E-state index contributed by atoms with van der Waals surface area (Å²) in [5.74, 6) is 0.111. The van der Waals surface area contributed by atoms with Crippen molar-refractivity contribution < 1.29 is 14.3 Å². The highest BCUT2D eigenvalue weighted by Gasteiger charge is 2.38. The minimum absolute atomic E-state index is 0.0471. The number of carbonyl (C=O) groups is 1. The molecule has 4 rings (SSSR count). The van der Waals surface area contributed by atoms with Crippen molar-refractivity contribution in [1.82, 2.24) is 14.7 Å². The van der Waals surface area contributed by atoms with Gasteiger partial charge in [-0.25, -0.2) is 4.68 Å². The molecule has 1 spiro atoms. The van der Waals surface area contributed by atoms with E-state index in [1.54, 1.807) is 0 Å². The van der Waals surface area contributed by atoms with Gasteiger partial charge in [0.05, 0.1) is 25.4 Å². The van der Waals surface area contributed by atoms with Crippen molar-refractivity contribution in [2.75, 3.05) is 38.2 Å². The number of hydrogen-bond acceptors (Lipinski definition) is 5. The number of benzene rings is 1. The lowest BCUT2D eigenvalue weighted by Crippen LogP contribution is -2.51. The first-order valence-corrected chi connectivity index (χ1v) is 9.56. The summed E-state index contributed by atoms with van der Waals surface area (Å²) in [6, 6.07) is 11.8. The maximum absolute atomic E-state index is 12.4. The van der Waals surface area contributed by atoms with Crippen molar-refractivity contribution >= 4 is 11.7 Å². The lowest BCUT2D eigenvalue weighted by Gasteiger charge is -2.43. The van der Waals surface area contributed by atoms with Crippen LogP contribution in [0.5, 0.6) is 0 Å². The second-order valence-corrected chi connectivity index (χ2v) is 7.20. The monoisotopic (exact) mass is 370 g/mol. The Morgan fingerprint density at radius 2 is 1.89 bits per heavy atom. The number of piperidine rings is 1. The number of para-hydroxylation sites is 1. The molecule has 2 fully saturated rings. The van der Waals surface area contributed by atoms with Crippen molar-refractivity contribution in [2.24, 2.45) is 0 Å². The van der Waals surface area contributed by atoms with E-state index in [4.69, 9.17) is 9.47 Å². The van der Waals surface area contributed by atoms with Crippen molar-refractivity contribution in [1.29, 1.82) is 0 Å². The Balaban J connectivity index is 1.31. The fraction of sp³-hybridized carbons (Fsp3) is 0.500. The second-order valence-electron chi connectivity index (χ2n) is 7.20. The molecule has 1 aromatic heterocycles. The molecule has 3 heterocycles. The molecule has 0 atom stereocenters. The van der Waals surface area contributed by atoms with Crippen LogP contribution in [0.4, 0.5) is 5.82 Å². The molecule has 7 nitrogen and oxygen atoms in total. The molecule has 1 N–H and O–H groups in total. The maximum atomic E-state index is 12.4. The number of hydrogen-bond donors (Lipinski definition) is 1. The van der Waals surface area contributed by atoms with Crippen LogP contribution in [0.3, 0.4) is 0 Å². The first kappa shape index (κ1) is 18.2. The van der Waals surface area contributed by atoms with E-state index in [-0.39, 0.29) is 5.91 Å². The summed E-state index contributed by atoms with van der Waals surface area (Å²) in [7, 11) is 0. The van der Waals surface area contributed by atoms with E-state index in [1.165, 1.54) is 0 Å². The lowest BCUT2D eigenvalue weighted by molar-refractivity contribution is -0.283. The van der Waals surface area contributed by atoms with Crippen LogP contribution >= 0.6 is 0 Å². The number of amides is 1. The van der Waals surface area contributed by atoms with Crippen LogP contribution in [0.1, 0.15) is 25.0 Å². The van der Waals surface area contributed by atoms with E-state index in [1.807, 2.05) is 48.0 Å². The fourth-order valence-corrected chi connectivity index (χ4v) is 3.71. The van der Waals surface area contributed by atoms with E-state index >= 15 is 0 Å². The van der Waals surface area contributed by atoms with E-state index in [9.17, 15) is 4.79 Å². The van der Waals surface area contributed by atoms with Crippen LogP contribution in [-0.2, 0) is 14.3 Å².